The number of Topliss-reactive ketones (excluding diaryl/α,β-unsaturated/α-hetero) is 1. The van der Waals surface area contributed by atoms with Crippen LogP contribution in [0.2, 0.25) is 0 Å². The van der Waals surface area contributed by atoms with E-state index in [2.05, 4.69) is 6.92 Å². The van der Waals surface area contributed by atoms with Crippen LogP contribution >= 0.6 is 0 Å². The lowest BCUT2D eigenvalue weighted by atomic mass is 10.0. The summed E-state index contributed by atoms with van der Waals surface area (Å²) in [6.07, 6.45) is 13.1. The van der Waals surface area contributed by atoms with Gasteiger partial charge >= 0.3 is 5.97 Å². The number of rotatable bonds is 13. The highest BCUT2D eigenvalue weighted by Crippen LogP contribution is 2.13. The highest BCUT2D eigenvalue weighted by molar-refractivity contribution is 5.97. The van der Waals surface area contributed by atoms with Crippen molar-refractivity contribution in [2.24, 2.45) is 0 Å². The van der Waals surface area contributed by atoms with Gasteiger partial charge in [0.25, 0.3) is 0 Å². The summed E-state index contributed by atoms with van der Waals surface area (Å²) in [5.41, 5.74) is 0.839. The number of carboxylic acid groups (broad SMARTS) is 1. The van der Waals surface area contributed by atoms with Crippen molar-refractivity contribution in [3.8, 4) is 0 Å². The second kappa shape index (κ2) is 11.9. The van der Waals surface area contributed by atoms with E-state index in [0.717, 1.165) is 12.8 Å². The van der Waals surface area contributed by atoms with Crippen molar-refractivity contribution in [2.45, 2.75) is 77.6 Å². The Balaban J connectivity index is 2.07. The topological polar surface area (TPSA) is 54.4 Å². The molecule has 0 amide bonds. The monoisotopic (exact) mass is 318 g/mol. The molecule has 0 saturated heterocycles. The Bertz CT molecular complexity index is 462. The van der Waals surface area contributed by atoms with Gasteiger partial charge in [0.05, 0.1) is 5.56 Å². The number of hydrogen-bond donors (Lipinski definition) is 1. The Kier molecular flexibility index (Phi) is 10.0. The van der Waals surface area contributed by atoms with E-state index in [0.29, 0.717) is 12.0 Å². The van der Waals surface area contributed by atoms with Gasteiger partial charge in [-0.3, -0.25) is 4.79 Å². The maximum Gasteiger partial charge on any atom is 0.335 e. The summed E-state index contributed by atoms with van der Waals surface area (Å²) in [4.78, 5) is 22.8. The van der Waals surface area contributed by atoms with Crippen molar-refractivity contribution in [2.75, 3.05) is 0 Å². The van der Waals surface area contributed by atoms with Gasteiger partial charge in [-0.25, -0.2) is 4.79 Å². The Hall–Kier alpha value is -1.64. The molecule has 0 aliphatic carbocycles. The lowest BCUT2D eigenvalue weighted by Gasteiger charge is -2.03. The van der Waals surface area contributed by atoms with Gasteiger partial charge in [-0.05, 0) is 18.6 Å². The van der Waals surface area contributed by atoms with Gasteiger partial charge in [-0.2, -0.15) is 0 Å². The molecule has 1 aromatic carbocycles. The summed E-state index contributed by atoms with van der Waals surface area (Å²) in [5.74, 6) is -0.847. The molecule has 23 heavy (non-hydrogen) atoms. The molecule has 0 saturated carbocycles. The fraction of sp³-hybridized carbons (Fsp3) is 0.600. The van der Waals surface area contributed by atoms with E-state index in [-0.39, 0.29) is 11.3 Å². The van der Waals surface area contributed by atoms with Gasteiger partial charge in [0.1, 0.15) is 0 Å². The highest BCUT2D eigenvalue weighted by atomic mass is 16.4. The molecule has 0 radical (unpaired) electrons. The first-order chi connectivity index (χ1) is 11.1. The molecule has 1 N–H and O–H groups in total. The van der Waals surface area contributed by atoms with Crippen LogP contribution in [0, 0.1) is 0 Å². The maximum absolute atomic E-state index is 12.0. The predicted octanol–water partition coefficient (Wildman–Crippen LogP) is 5.88. The van der Waals surface area contributed by atoms with Gasteiger partial charge in [-0.1, -0.05) is 76.8 Å². The molecular weight excluding hydrogens is 288 g/mol. The number of unbranched alkanes of at least 4 members (excludes halogenated alkanes) is 9. The number of hydrogen-bond acceptors (Lipinski definition) is 2. The zero-order valence-electron chi connectivity index (χ0n) is 14.4. The van der Waals surface area contributed by atoms with Gasteiger partial charge in [-0.15, -0.1) is 0 Å². The van der Waals surface area contributed by atoms with E-state index < -0.39 is 5.97 Å². The van der Waals surface area contributed by atoms with Crippen molar-refractivity contribution in [3.63, 3.8) is 0 Å². The highest BCUT2D eigenvalue weighted by Gasteiger charge is 2.07. The fourth-order valence-electron chi connectivity index (χ4n) is 2.72. The summed E-state index contributed by atoms with van der Waals surface area (Å²) in [5, 5.41) is 8.83. The van der Waals surface area contributed by atoms with E-state index in [1.54, 1.807) is 12.1 Å². The van der Waals surface area contributed by atoms with Gasteiger partial charge in [0.2, 0.25) is 0 Å². The average molecular weight is 318 g/mol. The standard InChI is InChI=1S/C20H30O3/c1-2-3-4-5-6-7-8-9-10-11-12-19(21)17-13-15-18(16-14-17)20(22)23/h13-16H,2-12H2,1H3,(H,22,23). The molecule has 3 nitrogen and oxygen atoms in total. The number of carboxylic acids is 1. The molecule has 128 valence electrons. The molecule has 0 unspecified atom stereocenters. The molecule has 0 heterocycles. The van der Waals surface area contributed by atoms with Crippen LogP contribution in [0.25, 0.3) is 0 Å². The van der Waals surface area contributed by atoms with E-state index in [1.807, 2.05) is 0 Å². The van der Waals surface area contributed by atoms with Gasteiger partial charge in [0, 0.05) is 12.0 Å². The summed E-state index contributed by atoms with van der Waals surface area (Å²) >= 11 is 0. The van der Waals surface area contributed by atoms with Crippen LogP contribution in [-0.2, 0) is 0 Å². The number of ketones is 1. The maximum atomic E-state index is 12.0. The van der Waals surface area contributed by atoms with Crippen LogP contribution in [0.1, 0.15) is 98.3 Å². The average Bonchev–Trinajstić information content (AvgIpc) is 2.56. The second-order valence-electron chi connectivity index (χ2n) is 6.24. The molecule has 0 spiro atoms. The lowest BCUT2D eigenvalue weighted by molar-refractivity contribution is 0.0696. The van der Waals surface area contributed by atoms with E-state index in [1.165, 1.54) is 63.5 Å². The molecule has 0 atom stereocenters. The van der Waals surface area contributed by atoms with Gasteiger partial charge < -0.3 is 5.11 Å². The smallest absolute Gasteiger partial charge is 0.335 e. The summed E-state index contributed by atoms with van der Waals surface area (Å²) < 4.78 is 0. The third-order valence-corrected chi connectivity index (χ3v) is 4.21. The van der Waals surface area contributed by atoms with Crippen molar-refractivity contribution in [1.82, 2.24) is 0 Å². The number of carbonyl (C=O) groups is 2. The Morgan fingerprint density at radius 2 is 1.17 bits per heavy atom. The third kappa shape index (κ3) is 8.53. The van der Waals surface area contributed by atoms with Gasteiger partial charge in [0.15, 0.2) is 5.78 Å². The third-order valence-electron chi connectivity index (χ3n) is 4.21. The second-order valence-corrected chi connectivity index (χ2v) is 6.24. The van der Waals surface area contributed by atoms with E-state index in [4.69, 9.17) is 5.11 Å². The fourth-order valence-corrected chi connectivity index (χ4v) is 2.72. The zero-order valence-corrected chi connectivity index (χ0v) is 14.4. The number of carbonyl (C=O) groups excluding carboxylic acids is 1. The SMILES string of the molecule is CCCCCCCCCCCCC(=O)c1ccc(C(=O)O)cc1. The normalized spacial score (nSPS) is 10.7. The van der Waals surface area contributed by atoms with Crippen LogP contribution in [-0.4, -0.2) is 16.9 Å². The van der Waals surface area contributed by atoms with Crippen LogP contribution in [0.4, 0.5) is 0 Å². The Morgan fingerprint density at radius 3 is 1.65 bits per heavy atom. The quantitative estimate of drug-likeness (QED) is 0.365. The first kappa shape index (κ1) is 19.4. The molecule has 0 bridgehead atoms. The zero-order chi connectivity index (χ0) is 16.9. The minimum absolute atomic E-state index is 0.113. The predicted molar refractivity (Wildman–Crippen MR) is 94.2 cm³/mol. The van der Waals surface area contributed by atoms with Crippen molar-refractivity contribution in [3.05, 3.63) is 35.4 Å². The molecule has 0 aliphatic rings. The van der Waals surface area contributed by atoms with Crippen molar-refractivity contribution < 1.29 is 14.7 Å². The van der Waals surface area contributed by atoms with E-state index in [9.17, 15) is 9.59 Å². The Morgan fingerprint density at radius 1 is 0.739 bits per heavy atom. The Labute approximate surface area is 140 Å². The summed E-state index contributed by atoms with van der Waals surface area (Å²) in [6, 6.07) is 6.21. The minimum Gasteiger partial charge on any atom is -0.478 e. The van der Waals surface area contributed by atoms with E-state index >= 15 is 0 Å². The molecule has 3 heteroatoms. The number of benzene rings is 1. The molecule has 0 aliphatic heterocycles. The number of aromatic carboxylic acids is 1. The van der Waals surface area contributed by atoms with Crippen LogP contribution in [0.3, 0.4) is 0 Å². The lowest BCUT2D eigenvalue weighted by Crippen LogP contribution is -2.01. The molecule has 1 aromatic rings. The molecule has 0 fully saturated rings. The van der Waals surface area contributed by atoms with Crippen LogP contribution < -0.4 is 0 Å². The van der Waals surface area contributed by atoms with Crippen LogP contribution in [0.5, 0.6) is 0 Å². The first-order valence-corrected chi connectivity index (χ1v) is 9.01. The van der Waals surface area contributed by atoms with Crippen molar-refractivity contribution >= 4 is 11.8 Å². The molecule has 1 rings (SSSR count). The van der Waals surface area contributed by atoms with Crippen molar-refractivity contribution in [1.29, 1.82) is 0 Å². The largest absolute Gasteiger partial charge is 0.478 e. The minimum atomic E-state index is -0.960. The summed E-state index contributed by atoms with van der Waals surface area (Å²) in [7, 11) is 0. The summed E-state index contributed by atoms with van der Waals surface area (Å²) in [6.45, 7) is 2.24. The molecule has 0 aromatic heterocycles. The first-order valence-electron chi connectivity index (χ1n) is 9.01. The molecular formula is C20H30O3. The van der Waals surface area contributed by atoms with Crippen LogP contribution in [0.15, 0.2) is 24.3 Å².